The molecule has 23 heavy (non-hydrogen) atoms. The lowest BCUT2D eigenvalue weighted by atomic mass is 9.79. The molecule has 4 heteroatoms. The maximum absolute atomic E-state index is 11.5. The third-order valence-corrected chi connectivity index (χ3v) is 3.83. The average Bonchev–Trinajstić information content (AvgIpc) is 2.55. The van der Waals surface area contributed by atoms with Gasteiger partial charge in [0.15, 0.2) is 0 Å². The van der Waals surface area contributed by atoms with E-state index in [2.05, 4.69) is 0 Å². The molecule has 0 saturated carbocycles. The Morgan fingerprint density at radius 2 is 1.00 bits per heavy atom. The molecule has 3 aromatic carbocycles. The van der Waals surface area contributed by atoms with Crippen LogP contribution in [0.25, 0.3) is 0 Å². The minimum absolute atomic E-state index is 0.0762. The fourth-order valence-corrected chi connectivity index (χ4v) is 2.78. The number of hydrogen-bond donors (Lipinski definition) is 4. The van der Waals surface area contributed by atoms with Gasteiger partial charge in [0.25, 0.3) is 0 Å². The first kappa shape index (κ1) is 14.9. The molecule has 3 rings (SSSR count). The molecule has 0 atom stereocenters. The van der Waals surface area contributed by atoms with Gasteiger partial charge in [-0.05, 0) is 11.1 Å². The highest BCUT2D eigenvalue weighted by Gasteiger charge is 2.38. The Labute approximate surface area is 133 Å². The molecule has 3 aromatic rings. The molecule has 0 aliphatic heterocycles. The van der Waals surface area contributed by atoms with Crippen LogP contribution >= 0.6 is 0 Å². The molecule has 0 aliphatic carbocycles. The Morgan fingerprint density at radius 1 is 0.609 bits per heavy atom. The van der Waals surface area contributed by atoms with Gasteiger partial charge in [-0.15, -0.1) is 0 Å². The number of phenols is 3. The predicted octanol–water partition coefficient (Wildman–Crippen LogP) is 3.09. The lowest BCUT2D eigenvalue weighted by Crippen LogP contribution is -2.29. The van der Waals surface area contributed by atoms with Crippen LogP contribution in [0.15, 0.2) is 72.8 Å². The van der Waals surface area contributed by atoms with Crippen LogP contribution in [0.4, 0.5) is 0 Å². The quantitative estimate of drug-likeness (QED) is 0.561. The highest BCUT2D eigenvalue weighted by molar-refractivity contribution is 5.59. The first-order chi connectivity index (χ1) is 11.0. The van der Waals surface area contributed by atoms with Crippen LogP contribution in [-0.2, 0) is 5.60 Å². The average molecular weight is 308 g/mol. The lowest BCUT2D eigenvalue weighted by molar-refractivity contribution is 0.119. The van der Waals surface area contributed by atoms with E-state index in [0.717, 1.165) is 12.1 Å². The van der Waals surface area contributed by atoms with Crippen LogP contribution in [-0.4, -0.2) is 20.4 Å². The Bertz CT molecular complexity index is 751. The van der Waals surface area contributed by atoms with Gasteiger partial charge < -0.3 is 20.4 Å². The molecule has 116 valence electrons. The summed E-state index contributed by atoms with van der Waals surface area (Å²) in [6, 6.07) is 19.7. The highest BCUT2D eigenvalue weighted by Crippen LogP contribution is 2.46. The molecule has 0 bridgehead atoms. The van der Waals surface area contributed by atoms with E-state index in [4.69, 9.17) is 0 Å². The topological polar surface area (TPSA) is 80.9 Å². The fraction of sp³-hybridized carbons (Fsp3) is 0.0526. The summed E-state index contributed by atoms with van der Waals surface area (Å²) in [5.74, 6) is -1.07. The molecule has 4 nitrogen and oxygen atoms in total. The number of phenolic OH excluding ortho intramolecular Hbond substituents is 3. The van der Waals surface area contributed by atoms with Gasteiger partial charge in [0.05, 0.1) is 5.56 Å². The molecule has 0 amide bonds. The predicted molar refractivity (Wildman–Crippen MR) is 86.4 cm³/mol. The molecule has 4 N–H and O–H groups in total. The monoisotopic (exact) mass is 308 g/mol. The van der Waals surface area contributed by atoms with Gasteiger partial charge in [0.2, 0.25) is 0 Å². The number of benzene rings is 3. The van der Waals surface area contributed by atoms with Crippen molar-refractivity contribution in [2.45, 2.75) is 5.60 Å². The van der Waals surface area contributed by atoms with Crippen molar-refractivity contribution in [1.82, 2.24) is 0 Å². The van der Waals surface area contributed by atoms with E-state index in [1.807, 2.05) is 12.1 Å². The Hall–Kier alpha value is -2.98. The summed E-state index contributed by atoms with van der Waals surface area (Å²) >= 11 is 0. The molecule has 0 unspecified atom stereocenters. The van der Waals surface area contributed by atoms with Gasteiger partial charge in [-0.25, -0.2) is 0 Å². The normalized spacial score (nSPS) is 11.3. The van der Waals surface area contributed by atoms with E-state index in [0.29, 0.717) is 11.1 Å². The first-order valence-corrected chi connectivity index (χ1v) is 7.12. The molecule has 0 spiro atoms. The summed E-state index contributed by atoms with van der Waals surface area (Å²) in [6.07, 6.45) is 0. The van der Waals surface area contributed by atoms with E-state index in [1.165, 1.54) is 0 Å². The number of hydrogen-bond acceptors (Lipinski definition) is 4. The van der Waals surface area contributed by atoms with Gasteiger partial charge >= 0.3 is 0 Å². The summed E-state index contributed by atoms with van der Waals surface area (Å²) in [7, 11) is 0. The molecule has 0 aliphatic rings. The summed E-state index contributed by atoms with van der Waals surface area (Å²) in [5.41, 5.74) is -0.859. The third-order valence-electron chi connectivity index (χ3n) is 3.83. The maximum Gasteiger partial charge on any atom is 0.147 e. The van der Waals surface area contributed by atoms with Crippen LogP contribution in [0.1, 0.15) is 16.7 Å². The van der Waals surface area contributed by atoms with Crippen LogP contribution in [0.2, 0.25) is 0 Å². The van der Waals surface area contributed by atoms with Crippen LogP contribution in [0.5, 0.6) is 17.2 Å². The fourth-order valence-electron chi connectivity index (χ4n) is 2.78. The Kier molecular flexibility index (Phi) is 3.68. The van der Waals surface area contributed by atoms with Crippen molar-refractivity contribution in [3.8, 4) is 17.2 Å². The van der Waals surface area contributed by atoms with Crippen molar-refractivity contribution in [2.24, 2.45) is 0 Å². The summed E-state index contributed by atoms with van der Waals surface area (Å²) in [6.45, 7) is 0. The van der Waals surface area contributed by atoms with Gasteiger partial charge in [0, 0.05) is 12.1 Å². The van der Waals surface area contributed by atoms with Gasteiger partial charge in [-0.1, -0.05) is 60.7 Å². The van der Waals surface area contributed by atoms with E-state index in [-0.39, 0.29) is 11.3 Å². The smallest absolute Gasteiger partial charge is 0.147 e. The van der Waals surface area contributed by atoms with E-state index in [1.54, 1.807) is 48.5 Å². The zero-order chi connectivity index (χ0) is 16.4. The molecule has 0 saturated heterocycles. The van der Waals surface area contributed by atoms with Crippen molar-refractivity contribution in [3.05, 3.63) is 89.5 Å². The van der Waals surface area contributed by atoms with Crippen molar-refractivity contribution in [1.29, 1.82) is 0 Å². The maximum atomic E-state index is 11.5. The molecular weight excluding hydrogens is 292 g/mol. The molecule has 0 heterocycles. The second kappa shape index (κ2) is 5.66. The standard InChI is InChI=1S/C19H16O4/c20-15-11-16(21)18(17(22)12-15)19(23,13-7-3-1-4-8-13)14-9-5-2-6-10-14/h1-12,20-23H. The third kappa shape index (κ3) is 2.49. The van der Waals surface area contributed by atoms with E-state index < -0.39 is 17.1 Å². The van der Waals surface area contributed by atoms with Crippen molar-refractivity contribution in [2.75, 3.05) is 0 Å². The van der Waals surface area contributed by atoms with Gasteiger partial charge in [-0.3, -0.25) is 0 Å². The van der Waals surface area contributed by atoms with Crippen molar-refractivity contribution >= 4 is 0 Å². The Morgan fingerprint density at radius 3 is 1.39 bits per heavy atom. The van der Waals surface area contributed by atoms with Crippen LogP contribution in [0.3, 0.4) is 0 Å². The molecule has 0 radical (unpaired) electrons. The van der Waals surface area contributed by atoms with Crippen LogP contribution in [0, 0.1) is 0 Å². The second-order valence-corrected chi connectivity index (χ2v) is 5.30. The Balaban J connectivity index is 2.35. The summed E-state index contributed by atoms with van der Waals surface area (Å²) in [5, 5.41) is 41.5. The van der Waals surface area contributed by atoms with E-state index >= 15 is 0 Å². The van der Waals surface area contributed by atoms with Crippen molar-refractivity contribution < 1.29 is 20.4 Å². The lowest BCUT2D eigenvalue weighted by Gasteiger charge is -2.31. The highest BCUT2D eigenvalue weighted by atomic mass is 16.3. The zero-order valence-corrected chi connectivity index (χ0v) is 12.2. The first-order valence-electron chi connectivity index (χ1n) is 7.12. The number of rotatable bonds is 3. The van der Waals surface area contributed by atoms with Crippen molar-refractivity contribution in [3.63, 3.8) is 0 Å². The number of aliphatic hydroxyl groups is 1. The van der Waals surface area contributed by atoms with Crippen LogP contribution < -0.4 is 0 Å². The summed E-state index contributed by atoms with van der Waals surface area (Å²) < 4.78 is 0. The minimum Gasteiger partial charge on any atom is -0.508 e. The van der Waals surface area contributed by atoms with E-state index in [9.17, 15) is 20.4 Å². The second-order valence-electron chi connectivity index (χ2n) is 5.30. The molecular formula is C19H16O4. The van der Waals surface area contributed by atoms with Gasteiger partial charge in [-0.2, -0.15) is 0 Å². The SMILES string of the molecule is Oc1cc(O)c(C(O)(c2ccccc2)c2ccccc2)c(O)c1. The zero-order valence-electron chi connectivity index (χ0n) is 12.2. The molecule has 0 aromatic heterocycles. The molecule has 0 fully saturated rings. The number of aromatic hydroxyl groups is 3. The largest absolute Gasteiger partial charge is 0.508 e. The minimum atomic E-state index is -1.76. The van der Waals surface area contributed by atoms with Gasteiger partial charge in [0.1, 0.15) is 22.8 Å². The summed E-state index contributed by atoms with van der Waals surface area (Å²) in [4.78, 5) is 0.